The summed E-state index contributed by atoms with van der Waals surface area (Å²) in [6, 6.07) is 10.0. The van der Waals surface area contributed by atoms with E-state index < -0.39 is 22.2 Å². The summed E-state index contributed by atoms with van der Waals surface area (Å²) in [5.74, 6) is 0. The van der Waals surface area contributed by atoms with Gasteiger partial charge in [0.15, 0.2) is 0 Å². The summed E-state index contributed by atoms with van der Waals surface area (Å²) < 4.78 is 76.3. The van der Waals surface area contributed by atoms with Crippen molar-refractivity contribution in [2.45, 2.75) is 12.4 Å². The van der Waals surface area contributed by atoms with Crippen molar-refractivity contribution in [1.82, 2.24) is 0 Å². The number of nitrogens with zero attached hydrogens (tertiary/aromatic N) is 1. The molecule has 0 aliphatic heterocycles. The second kappa shape index (κ2) is 11.0. The standard InChI is InChI=1S/C5H5.C4H2F6S2.Mn.NO/c1-2-4-5-3-1;5-3(6,7)1(11)2(12)4(8,9)10;;1-2/h1-5H;11-12H;;/q-1;;;+1/p-2/b;2-1-;;. The van der Waals surface area contributed by atoms with Gasteiger partial charge in [-0.25, -0.2) is 12.1 Å². The average Bonchev–Trinajstić information content (AvgIpc) is 2.86. The first-order valence-electron chi connectivity index (χ1n) is 4.14. The Labute approximate surface area is 131 Å². The predicted molar refractivity (Wildman–Crippen MR) is 58.3 cm³/mol. The van der Waals surface area contributed by atoms with Crippen LogP contribution in [0.25, 0.3) is 0 Å². The van der Waals surface area contributed by atoms with Crippen molar-refractivity contribution in [3.8, 4) is 0 Å². The third-order valence-electron chi connectivity index (χ3n) is 1.28. The Bertz CT molecular complexity index is 360. The molecule has 0 atom stereocenters. The number of rotatable bonds is 0. The number of alkyl halides is 6. The molecule has 0 spiro atoms. The van der Waals surface area contributed by atoms with Crippen LogP contribution in [0.5, 0.6) is 0 Å². The van der Waals surface area contributed by atoms with E-state index in [4.69, 9.17) is 10.2 Å². The van der Waals surface area contributed by atoms with Crippen LogP contribution >= 0.6 is 0 Å². The maximum absolute atomic E-state index is 11.5. The quantitative estimate of drug-likeness (QED) is 0.228. The zero-order valence-corrected chi connectivity index (χ0v) is 12.0. The molecule has 20 heavy (non-hydrogen) atoms. The van der Waals surface area contributed by atoms with Crippen molar-refractivity contribution in [3.05, 3.63) is 40.1 Å². The first-order valence-corrected chi connectivity index (χ1v) is 4.96. The van der Waals surface area contributed by atoms with Crippen molar-refractivity contribution in [3.63, 3.8) is 0 Å². The molecule has 0 heterocycles. The van der Waals surface area contributed by atoms with Gasteiger partial charge in [-0.2, -0.15) is 44.5 Å². The first kappa shape index (κ1) is 24.3. The summed E-state index contributed by atoms with van der Waals surface area (Å²) in [7, 11) is 0. The summed E-state index contributed by atoms with van der Waals surface area (Å²) in [6.07, 6.45) is -10.4. The van der Waals surface area contributed by atoms with Gasteiger partial charge in [0.1, 0.15) is 0 Å². The summed E-state index contributed by atoms with van der Waals surface area (Å²) >= 11 is 6.95. The monoisotopic (exact) mass is 376 g/mol. The van der Waals surface area contributed by atoms with E-state index >= 15 is 0 Å². The van der Waals surface area contributed by atoms with E-state index in [1.54, 1.807) is 0 Å². The molecule has 0 N–H and O–H groups in total. The molecule has 1 aromatic carbocycles. The fraction of sp³-hybridized carbons (Fsp3) is 0.222. The van der Waals surface area contributed by atoms with Crippen LogP contribution in [-0.4, -0.2) is 12.4 Å². The second-order valence-corrected chi connectivity index (χ2v) is 3.43. The smallest absolute Gasteiger partial charge is 0 e. The molecule has 0 amide bonds. The van der Waals surface area contributed by atoms with E-state index in [1.165, 1.54) is 0 Å². The number of allylic oxidation sites excluding steroid dienone is 2. The fourth-order valence-corrected chi connectivity index (χ4v) is 0.810. The van der Waals surface area contributed by atoms with Crippen LogP contribution in [0.3, 0.4) is 0 Å². The Morgan fingerprint density at radius 1 is 0.850 bits per heavy atom. The van der Waals surface area contributed by atoms with E-state index in [0.29, 0.717) is 0 Å². The largest absolute Gasteiger partial charge is 0.214 e. The summed E-state index contributed by atoms with van der Waals surface area (Å²) in [4.78, 5) is -4.41. The molecule has 0 bridgehead atoms. The average molecular weight is 376 g/mol. The molecule has 0 unspecified atom stereocenters. The van der Waals surface area contributed by atoms with E-state index in [9.17, 15) is 26.3 Å². The van der Waals surface area contributed by atoms with Crippen LogP contribution in [0.2, 0.25) is 0 Å². The summed E-state index contributed by atoms with van der Waals surface area (Å²) in [5.41, 5.74) is 5.75. The molecule has 1 aromatic rings. The SMILES string of the molecule is FC(F)(F)/C([S-])=C(/[S-])C(F)(F)F.N#[O+].[Mn].c1cc[cH-]c1. The Kier molecular flexibility index (Phi) is 13.4. The maximum Gasteiger partial charge on any atom is 0 e. The second-order valence-electron chi connectivity index (χ2n) is 2.62. The minimum absolute atomic E-state index is 0. The van der Waals surface area contributed by atoms with Gasteiger partial charge in [-0.1, -0.05) is 0 Å². The fourth-order valence-electron chi connectivity index (χ4n) is 0.578. The van der Waals surface area contributed by atoms with Gasteiger partial charge in [0, 0.05) is 17.1 Å². The van der Waals surface area contributed by atoms with Crippen molar-refractivity contribution < 1.29 is 48.2 Å². The Morgan fingerprint density at radius 3 is 1.20 bits per heavy atom. The van der Waals surface area contributed by atoms with Crippen LogP contribution in [-0.2, 0) is 47.1 Å². The van der Waals surface area contributed by atoms with Gasteiger partial charge in [-0.3, -0.25) is 0 Å². The molecular weight excluding hydrogens is 371 g/mol. The molecule has 11 heteroatoms. The van der Waals surface area contributed by atoms with Crippen molar-refractivity contribution in [2.75, 3.05) is 0 Å². The summed E-state index contributed by atoms with van der Waals surface area (Å²) in [6.45, 7) is 0. The normalized spacial score (nSPS) is 11.6. The van der Waals surface area contributed by atoms with E-state index in [1.807, 2.05) is 30.3 Å². The number of halogens is 6. The molecule has 0 fully saturated rings. The van der Waals surface area contributed by atoms with Crippen LogP contribution in [0.1, 0.15) is 0 Å². The number of hydrogen-bond donors (Lipinski definition) is 0. The maximum atomic E-state index is 11.5. The molecule has 115 valence electrons. The van der Waals surface area contributed by atoms with Crippen LogP contribution in [0.15, 0.2) is 40.1 Å². The Hall–Kier alpha value is -0.701. The van der Waals surface area contributed by atoms with Gasteiger partial charge in [0.2, 0.25) is 0 Å². The third kappa shape index (κ3) is 11.2. The zero-order valence-electron chi connectivity index (χ0n) is 9.20. The van der Waals surface area contributed by atoms with Crippen molar-refractivity contribution >= 4 is 25.3 Å². The van der Waals surface area contributed by atoms with Crippen LogP contribution in [0.4, 0.5) is 26.3 Å². The van der Waals surface area contributed by atoms with Crippen molar-refractivity contribution in [2.24, 2.45) is 0 Å². The predicted octanol–water partition coefficient (Wildman–Crippen LogP) is 3.72. The van der Waals surface area contributed by atoms with E-state index in [2.05, 4.69) is 25.3 Å². The topological polar surface area (TPSA) is 43.7 Å². The zero-order chi connectivity index (χ0) is 15.7. The van der Waals surface area contributed by atoms with Gasteiger partial charge in [-0.05, 0) is 0 Å². The van der Waals surface area contributed by atoms with E-state index in [-0.39, 0.29) is 17.1 Å². The van der Waals surface area contributed by atoms with Gasteiger partial charge in [0.25, 0.3) is 0 Å². The molecule has 1 radical (unpaired) electrons. The van der Waals surface area contributed by atoms with Gasteiger partial charge in [-0.15, -0.1) is 9.81 Å². The minimum atomic E-state index is -5.19. The molecule has 0 aliphatic rings. The summed E-state index contributed by atoms with van der Waals surface area (Å²) in [5, 5.41) is 0. The third-order valence-corrected chi connectivity index (χ3v) is 2.28. The number of hydrogen-bond acceptors (Lipinski definition) is 3. The molecule has 0 aliphatic carbocycles. The van der Waals surface area contributed by atoms with Gasteiger partial charge >= 0.3 is 22.6 Å². The molecular formula is C9H5F6MnNOS2-2. The van der Waals surface area contributed by atoms with Gasteiger partial charge in [0.05, 0.1) is 0 Å². The molecule has 0 saturated carbocycles. The molecule has 1 rings (SSSR count). The minimum Gasteiger partial charge on any atom is -0.214 e. The van der Waals surface area contributed by atoms with E-state index in [0.717, 1.165) is 0 Å². The molecule has 0 saturated heterocycles. The van der Waals surface area contributed by atoms with Crippen molar-refractivity contribution in [1.29, 1.82) is 5.46 Å². The molecule has 2 nitrogen and oxygen atoms in total. The van der Waals surface area contributed by atoms with Crippen LogP contribution in [0, 0.1) is 5.46 Å². The Morgan fingerprint density at radius 2 is 1.10 bits per heavy atom. The van der Waals surface area contributed by atoms with Gasteiger partial charge < -0.3 is 25.3 Å². The molecule has 0 aromatic heterocycles. The van der Waals surface area contributed by atoms with Crippen LogP contribution < -0.4 is 0 Å². The first-order chi connectivity index (χ1) is 8.57. The Balaban J connectivity index is -0.000000300.